The van der Waals surface area contributed by atoms with E-state index in [2.05, 4.69) is 0 Å². The number of amides is 1. The van der Waals surface area contributed by atoms with Crippen LogP contribution in [0.15, 0.2) is 30.3 Å². The Morgan fingerprint density at radius 3 is 2.60 bits per heavy atom. The predicted molar refractivity (Wildman–Crippen MR) is 74.8 cm³/mol. The molecule has 0 fully saturated rings. The second-order valence-electron chi connectivity index (χ2n) is 4.60. The van der Waals surface area contributed by atoms with Gasteiger partial charge < -0.3 is 9.57 Å². The number of carbonyl (C=O) groups excluding carboxylic acids is 2. The lowest BCUT2D eigenvalue weighted by atomic mass is 10.0. The second-order valence-corrected chi connectivity index (χ2v) is 4.60. The van der Waals surface area contributed by atoms with Gasteiger partial charge in [0.2, 0.25) is 0 Å². The maximum atomic E-state index is 11.7. The molecule has 20 heavy (non-hydrogen) atoms. The number of hydrogen-bond acceptors (Lipinski definition) is 4. The molecule has 5 heteroatoms. The molecule has 1 aromatic rings. The zero-order valence-corrected chi connectivity index (χ0v) is 11.9. The molecule has 1 unspecified atom stereocenters. The molecule has 0 aliphatic rings. The Morgan fingerprint density at radius 1 is 1.25 bits per heavy atom. The Morgan fingerprint density at radius 2 is 1.95 bits per heavy atom. The van der Waals surface area contributed by atoms with E-state index >= 15 is 0 Å². The van der Waals surface area contributed by atoms with Gasteiger partial charge in [0.25, 0.3) is 0 Å². The second kappa shape index (κ2) is 8.96. The zero-order valence-electron chi connectivity index (χ0n) is 11.9. The molecular formula is C15H21NO4. The van der Waals surface area contributed by atoms with Crippen molar-refractivity contribution in [3.8, 4) is 0 Å². The van der Waals surface area contributed by atoms with Gasteiger partial charge >= 0.3 is 12.1 Å². The van der Waals surface area contributed by atoms with Crippen molar-refractivity contribution in [2.24, 2.45) is 5.92 Å². The van der Waals surface area contributed by atoms with E-state index in [4.69, 9.17) is 9.57 Å². The molecular weight excluding hydrogens is 258 g/mol. The molecule has 110 valence electrons. The average molecular weight is 279 g/mol. The highest BCUT2D eigenvalue weighted by Gasteiger charge is 2.16. The SMILES string of the molecule is CCCCOC(=O)NOC(=O)C(C)Cc1ccccc1. The molecule has 0 radical (unpaired) electrons. The minimum Gasteiger partial charge on any atom is -0.447 e. The van der Waals surface area contributed by atoms with Crippen LogP contribution in [0.2, 0.25) is 0 Å². The van der Waals surface area contributed by atoms with Gasteiger partial charge in [-0.05, 0) is 18.4 Å². The molecule has 0 heterocycles. The quantitative estimate of drug-likeness (QED) is 0.642. The van der Waals surface area contributed by atoms with Crippen LogP contribution in [0.5, 0.6) is 0 Å². The molecule has 1 atom stereocenters. The molecule has 0 bridgehead atoms. The summed E-state index contributed by atoms with van der Waals surface area (Å²) in [4.78, 5) is 27.6. The summed E-state index contributed by atoms with van der Waals surface area (Å²) in [6.45, 7) is 4.06. The van der Waals surface area contributed by atoms with E-state index in [-0.39, 0.29) is 5.92 Å². The van der Waals surface area contributed by atoms with Gasteiger partial charge in [0.15, 0.2) is 0 Å². The van der Waals surface area contributed by atoms with Gasteiger partial charge in [0.1, 0.15) is 0 Å². The van der Waals surface area contributed by atoms with Gasteiger partial charge in [0.05, 0.1) is 12.5 Å². The van der Waals surface area contributed by atoms with E-state index in [0.717, 1.165) is 18.4 Å². The molecule has 5 nitrogen and oxygen atoms in total. The fourth-order valence-corrected chi connectivity index (χ4v) is 1.58. The van der Waals surface area contributed by atoms with Crippen LogP contribution in [-0.4, -0.2) is 18.7 Å². The highest BCUT2D eigenvalue weighted by molar-refractivity contribution is 5.75. The van der Waals surface area contributed by atoms with Crippen LogP contribution in [0.3, 0.4) is 0 Å². The minimum atomic E-state index is -0.737. The van der Waals surface area contributed by atoms with Gasteiger partial charge in [-0.3, -0.25) is 0 Å². The summed E-state index contributed by atoms with van der Waals surface area (Å²) >= 11 is 0. The van der Waals surface area contributed by atoms with Gasteiger partial charge in [0, 0.05) is 0 Å². The van der Waals surface area contributed by atoms with E-state index in [1.165, 1.54) is 0 Å². The highest BCUT2D eigenvalue weighted by Crippen LogP contribution is 2.09. The lowest BCUT2D eigenvalue weighted by molar-refractivity contribution is -0.154. The monoisotopic (exact) mass is 279 g/mol. The molecule has 1 amide bonds. The first kappa shape index (κ1) is 16.0. The summed E-state index contributed by atoms with van der Waals surface area (Å²) in [7, 11) is 0. The van der Waals surface area contributed by atoms with Crippen LogP contribution < -0.4 is 5.48 Å². The van der Waals surface area contributed by atoms with Crippen molar-refractivity contribution in [3.05, 3.63) is 35.9 Å². The third-order valence-electron chi connectivity index (χ3n) is 2.75. The van der Waals surface area contributed by atoms with E-state index in [1.54, 1.807) is 6.92 Å². The van der Waals surface area contributed by atoms with Gasteiger partial charge in [-0.1, -0.05) is 50.6 Å². The van der Waals surface area contributed by atoms with E-state index < -0.39 is 12.1 Å². The number of benzene rings is 1. The molecule has 0 aromatic heterocycles. The van der Waals surface area contributed by atoms with E-state index in [9.17, 15) is 9.59 Å². The van der Waals surface area contributed by atoms with Crippen molar-refractivity contribution in [1.82, 2.24) is 5.48 Å². The average Bonchev–Trinajstić information content (AvgIpc) is 2.46. The molecule has 1 rings (SSSR count). The normalized spacial score (nSPS) is 11.5. The Balaban J connectivity index is 2.26. The summed E-state index contributed by atoms with van der Waals surface area (Å²) in [6, 6.07) is 9.63. The number of carbonyl (C=O) groups is 2. The molecule has 0 saturated carbocycles. The number of ether oxygens (including phenoxy) is 1. The molecule has 0 aliphatic carbocycles. The van der Waals surface area contributed by atoms with Gasteiger partial charge in [-0.15, -0.1) is 5.48 Å². The standard InChI is InChI=1S/C15H21NO4/c1-3-4-10-19-15(18)16-20-14(17)12(2)11-13-8-6-5-7-9-13/h5-9,12H,3-4,10-11H2,1-2H3,(H,16,18). The molecule has 0 aliphatic heterocycles. The third kappa shape index (κ3) is 6.22. The lowest BCUT2D eigenvalue weighted by Crippen LogP contribution is -2.31. The number of nitrogens with one attached hydrogen (secondary N) is 1. The highest BCUT2D eigenvalue weighted by atomic mass is 16.7. The number of hydrogen-bond donors (Lipinski definition) is 1. The fraction of sp³-hybridized carbons (Fsp3) is 0.467. The maximum absolute atomic E-state index is 11.7. The number of hydroxylamine groups is 1. The van der Waals surface area contributed by atoms with Crippen molar-refractivity contribution in [1.29, 1.82) is 0 Å². The largest absolute Gasteiger partial charge is 0.447 e. The van der Waals surface area contributed by atoms with Gasteiger partial charge in [-0.25, -0.2) is 9.59 Å². The van der Waals surface area contributed by atoms with Crippen LogP contribution in [0.25, 0.3) is 0 Å². The number of rotatable bonds is 6. The van der Waals surface area contributed by atoms with Crippen LogP contribution in [0.1, 0.15) is 32.3 Å². The number of unbranched alkanes of at least 4 members (excludes halogenated alkanes) is 1. The van der Waals surface area contributed by atoms with Crippen LogP contribution in [0, 0.1) is 5.92 Å². The van der Waals surface area contributed by atoms with E-state index in [1.807, 2.05) is 42.7 Å². The summed E-state index contributed by atoms with van der Waals surface area (Å²) < 4.78 is 4.80. The summed E-state index contributed by atoms with van der Waals surface area (Å²) in [5.74, 6) is -0.824. The topological polar surface area (TPSA) is 64.6 Å². The minimum absolute atomic E-state index is 0.319. The summed E-state index contributed by atoms with van der Waals surface area (Å²) in [6.07, 6.45) is 1.54. The molecule has 0 saturated heterocycles. The zero-order chi connectivity index (χ0) is 14.8. The van der Waals surface area contributed by atoms with E-state index in [0.29, 0.717) is 13.0 Å². The summed E-state index contributed by atoms with van der Waals surface area (Å²) in [5.41, 5.74) is 3.04. The van der Waals surface area contributed by atoms with Crippen molar-refractivity contribution in [3.63, 3.8) is 0 Å². The van der Waals surface area contributed by atoms with Crippen molar-refractivity contribution >= 4 is 12.1 Å². The molecule has 1 N–H and O–H groups in total. The first-order chi connectivity index (χ1) is 9.63. The Bertz CT molecular complexity index is 419. The van der Waals surface area contributed by atoms with Crippen molar-refractivity contribution in [2.75, 3.05) is 6.61 Å². The Kier molecular flexibility index (Phi) is 7.17. The van der Waals surface area contributed by atoms with Crippen molar-refractivity contribution < 1.29 is 19.2 Å². The summed E-state index contributed by atoms with van der Waals surface area (Å²) in [5, 5.41) is 0. The molecule has 0 spiro atoms. The third-order valence-corrected chi connectivity index (χ3v) is 2.75. The van der Waals surface area contributed by atoms with Crippen LogP contribution in [0.4, 0.5) is 4.79 Å². The Hall–Kier alpha value is -2.04. The lowest BCUT2D eigenvalue weighted by Gasteiger charge is -2.11. The van der Waals surface area contributed by atoms with Gasteiger partial charge in [-0.2, -0.15) is 0 Å². The van der Waals surface area contributed by atoms with Crippen LogP contribution in [-0.2, 0) is 20.8 Å². The first-order valence-corrected chi connectivity index (χ1v) is 6.80. The maximum Gasteiger partial charge on any atom is 0.440 e. The van der Waals surface area contributed by atoms with Crippen molar-refractivity contribution in [2.45, 2.75) is 33.1 Å². The molecule has 1 aromatic carbocycles. The fourth-order valence-electron chi connectivity index (χ4n) is 1.58. The Labute approximate surface area is 119 Å². The first-order valence-electron chi connectivity index (χ1n) is 6.80. The smallest absolute Gasteiger partial charge is 0.440 e. The predicted octanol–water partition coefficient (Wildman–Crippen LogP) is 2.85. The van der Waals surface area contributed by atoms with Crippen LogP contribution >= 0.6 is 0 Å².